The lowest BCUT2D eigenvalue weighted by atomic mass is 10.1. The molecule has 0 spiro atoms. The number of alkyl halides is 3. The summed E-state index contributed by atoms with van der Waals surface area (Å²) >= 11 is 0. The van der Waals surface area contributed by atoms with E-state index in [9.17, 15) is 32.3 Å². The number of rotatable bonds is 3. The van der Waals surface area contributed by atoms with E-state index in [0.29, 0.717) is 6.07 Å². The molecule has 0 unspecified atom stereocenters. The number of carboxylic acid groups (broad SMARTS) is 1. The number of carbonyl (C=O) groups excluding carboxylic acids is 1. The molecular weight excluding hydrogens is 374 g/mol. The number of aliphatic carboxylic acids is 1. The first-order valence-corrected chi connectivity index (χ1v) is 8.04. The van der Waals surface area contributed by atoms with Crippen LogP contribution in [0.15, 0.2) is 18.2 Å². The van der Waals surface area contributed by atoms with Gasteiger partial charge in [-0.1, -0.05) is 6.07 Å². The molecule has 1 amide bonds. The number of benzene rings is 1. The Kier molecular flexibility index (Phi) is 5.58. The molecule has 0 aliphatic carbocycles. The highest BCUT2D eigenvalue weighted by Gasteiger charge is 2.43. The van der Waals surface area contributed by atoms with Crippen LogP contribution in [-0.2, 0) is 15.7 Å². The van der Waals surface area contributed by atoms with Crippen molar-refractivity contribution >= 4 is 12.1 Å². The van der Waals surface area contributed by atoms with Crippen molar-refractivity contribution < 1.29 is 41.7 Å². The molecule has 27 heavy (non-hydrogen) atoms. The zero-order valence-corrected chi connectivity index (χ0v) is 14.8. The second kappa shape index (κ2) is 7.24. The normalized spacial score (nSPS) is 20.5. The van der Waals surface area contributed by atoms with Gasteiger partial charge < -0.3 is 14.6 Å². The molecule has 0 radical (unpaired) electrons. The summed E-state index contributed by atoms with van der Waals surface area (Å²) < 4.78 is 62.8. The average molecular weight is 393 g/mol. The SMILES string of the molecule is CC(C)(C)OC(=O)N1C[C@@H](Oc2cccc(C(F)(F)F)c2F)C[C@H]1C(=O)O. The van der Waals surface area contributed by atoms with Crippen molar-refractivity contribution in [2.45, 2.75) is 51.1 Å². The largest absolute Gasteiger partial charge is 0.485 e. The third-order valence-corrected chi connectivity index (χ3v) is 3.74. The molecule has 1 saturated heterocycles. The Bertz CT molecular complexity index is 729. The van der Waals surface area contributed by atoms with Gasteiger partial charge in [-0.3, -0.25) is 4.90 Å². The molecule has 10 heteroatoms. The maximum absolute atomic E-state index is 14.1. The molecular formula is C17H19F4NO5. The smallest absolute Gasteiger partial charge is 0.419 e. The van der Waals surface area contributed by atoms with Gasteiger partial charge in [-0.2, -0.15) is 13.2 Å². The van der Waals surface area contributed by atoms with Gasteiger partial charge in [0.2, 0.25) is 0 Å². The Balaban J connectivity index is 2.20. The molecule has 1 fully saturated rings. The van der Waals surface area contributed by atoms with E-state index < -0.39 is 53.1 Å². The number of ether oxygens (including phenoxy) is 2. The van der Waals surface area contributed by atoms with Crippen LogP contribution in [0.4, 0.5) is 22.4 Å². The fourth-order valence-corrected chi connectivity index (χ4v) is 2.64. The molecule has 0 saturated carbocycles. The number of carboxylic acids is 1. The van der Waals surface area contributed by atoms with Gasteiger partial charge in [0.1, 0.15) is 17.7 Å². The van der Waals surface area contributed by atoms with Gasteiger partial charge in [0.05, 0.1) is 12.1 Å². The molecule has 6 nitrogen and oxygen atoms in total. The van der Waals surface area contributed by atoms with Crippen LogP contribution >= 0.6 is 0 Å². The van der Waals surface area contributed by atoms with E-state index in [1.807, 2.05) is 0 Å². The van der Waals surface area contributed by atoms with E-state index in [1.54, 1.807) is 20.8 Å². The third-order valence-electron chi connectivity index (χ3n) is 3.74. The molecule has 1 N–H and O–H groups in total. The summed E-state index contributed by atoms with van der Waals surface area (Å²) in [6.45, 7) is 4.54. The Morgan fingerprint density at radius 1 is 1.22 bits per heavy atom. The van der Waals surface area contributed by atoms with E-state index in [-0.39, 0.29) is 13.0 Å². The fourth-order valence-electron chi connectivity index (χ4n) is 2.64. The van der Waals surface area contributed by atoms with Crippen LogP contribution in [0.25, 0.3) is 0 Å². The number of hydrogen-bond acceptors (Lipinski definition) is 4. The van der Waals surface area contributed by atoms with Crippen molar-refractivity contribution in [1.29, 1.82) is 0 Å². The number of nitrogens with zero attached hydrogens (tertiary/aromatic N) is 1. The van der Waals surface area contributed by atoms with Crippen molar-refractivity contribution in [3.63, 3.8) is 0 Å². The summed E-state index contributed by atoms with van der Waals surface area (Å²) in [5.41, 5.74) is -2.36. The zero-order chi connectivity index (χ0) is 20.6. The molecule has 2 rings (SSSR count). The minimum atomic E-state index is -4.90. The van der Waals surface area contributed by atoms with Crippen molar-refractivity contribution in [3.05, 3.63) is 29.6 Å². The van der Waals surface area contributed by atoms with E-state index in [0.717, 1.165) is 17.0 Å². The Morgan fingerprint density at radius 3 is 2.37 bits per heavy atom. The molecule has 1 aromatic rings. The van der Waals surface area contributed by atoms with Crippen LogP contribution in [0.2, 0.25) is 0 Å². The van der Waals surface area contributed by atoms with Crippen LogP contribution in [0.1, 0.15) is 32.8 Å². The summed E-state index contributed by atoms with van der Waals surface area (Å²) in [6, 6.07) is 1.27. The quantitative estimate of drug-likeness (QED) is 0.793. The molecule has 2 atom stereocenters. The minimum absolute atomic E-state index is 0.218. The lowest BCUT2D eigenvalue weighted by Crippen LogP contribution is -2.43. The van der Waals surface area contributed by atoms with Crippen molar-refractivity contribution in [2.75, 3.05) is 6.54 Å². The Morgan fingerprint density at radius 2 is 1.85 bits per heavy atom. The second-order valence-corrected chi connectivity index (χ2v) is 7.08. The third kappa shape index (κ3) is 5.01. The fraction of sp³-hybridized carbons (Fsp3) is 0.529. The van der Waals surface area contributed by atoms with E-state index in [1.165, 1.54) is 0 Å². The van der Waals surface area contributed by atoms with Crippen molar-refractivity contribution in [1.82, 2.24) is 4.90 Å². The highest BCUT2D eigenvalue weighted by molar-refractivity contribution is 5.81. The molecule has 0 aromatic heterocycles. The standard InChI is InChI=1S/C17H19F4NO5/c1-16(2,3)27-15(25)22-8-9(7-11(22)14(23)24)26-12-6-4-5-10(13(12)18)17(19,20)21/h4-6,9,11H,7-8H2,1-3H3,(H,23,24)/t9-,11-/m0/s1. The second-order valence-electron chi connectivity index (χ2n) is 7.08. The van der Waals surface area contributed by atoms with E-state index in [2.05, 4.69) is 0 Å². The monoisotopic (exact) mass is 393 g/mol. The number of likely N-dealkylation sites (tertiary alicyclic amines) is 1. The predicted molar refractivity (Wildman–Crippen MR) is 84.8 cm³/mol. The number of halogens is 4. The average Bonchev–Trinajstić information content (AvgIpc) is 2.91. The summed E-state index contributed by atoms with van der Waals surface area (Å²) in [5.74, 6) is -3.57. The first-order valence-electron chi connectivity index (χ1n) is 8.04. The zero-order valence-electron chi connectivity index (χ0n) is 14.8. The lowest BCUT2D eigenvalue weighted by molar-refractivity contribution is -0.142. The van der Waals surface area contributed by atoms with Gasteiger partial charge in [-0.15, -0.1) is 0 Å². The Hall–Kier alpha value is -2.52. The first-order chi connectivity index (χ1) is 12.3. The van der Waals surface area contributed by atoms with E-state index >= 15 is 0 Å². The van der Waals surface area contributed by atoms with Crippen LogP contribution in [0.5, 0.6) is 5.75 Å². The highest BCUT2D eigenvalue weighted by Crippen LogP contribution is 2.36. The summed E-state index contributed by atoms with van der Waals surface area (Å²) in [4.78, 5) is 24.5. The number of amides is 1. The van der Waals surface area contributed by atoms with Gasteiger partial charge in [0.25, 0.3) is 0 Å². The van der Waals surface area contributed by atoms with Crippen molar-refractivity contribution in [3.8, 4) is 5.75 Å². The summed E-state index contributed by atoms with van der Waals surface area (Å²) in [5, 5.41) is 9.29. The van der Waals surface area contributed by atoms with Gasteiger partial charge in [0, 0.05) is 6.42 Å². The first kappa shape index (κ1) is 20.8. The Labute approximate surface area is 152 Å². The summed E-state index contributed by atoms with van der Waals surface area (Å²) in [7, 11) is 0. The van der Waals surface area contributed by atoms with Crippen LogP contribution in [-0.4, -0.2) is 46.4 Å². The predicted octanol–water partition coefficient (Wildman–Crippen LogP) is 3.69. The van der Waals surface area contributed by atoms with Gasteiger partial charge in [0.15, 0.2) is 11.6 Å². The number of carbonyl (C=O) groups is 2. The lowest BCUT2D eigenvalue weighted by Gasteiger charge is -2.26. The van der Waals surface area contributed by atoms with Crippen molar-refractivity contribution in [2.24, 2.45) is 0 Å². The topological polar surface area (TPSA) is 76.1 Å². The molecule has 1 aliphatic rings. The van der Waals surface area contributed by atoms with Crippen LogP contribution in [0, 0.1) is 5.82 Å². The maximum atomic E-state index is 14.1. The van der Waals surface area contributed by atoms with Crippen LogP contribution in [0.3, 0.4) is 0 Å². The van der Waals surface area contributed by atoms with E-state index in [4.69, 9.17) is 9.47 Å². The molecule has 1 aromatic carbocycles. The molecule has 150 valence electrons. The summed E-state index contributed by atoms with van der Waals surface area (Å²) in [6.07, 6.45) is -7.02. The molecule has 1 aliphatic heterocycles. The molecule has 0 bridgehead atoms. The maximum Gasteiger partial charge on any atom is 0.419 e. The highest BCUT2D eigenvalue weighted by atomic mass is 19.4. The van der Waals surface area contributed by atoms with Gasteiger partial charge >= 0.3 is 18.2 Å². The van der Waals surface area contributed by atoms with Gasteiger partial charge in [-0.05, 0) is 32.9 Å². The minimum Gasteiger partial charge on any atom is -0.485 e. The number of hydrogen-bond donors (Lipinski definition) is 1. The van der Waals surface area contributed by atoms with Crippen LogP contribution < -0.4 is 4.74 Å². The molecule has 1 heterocycles. The van der Waals surface area contributed by atoms with Gasteiger partial charge in [-0.25, -0.2) is 14.0 Å².